The van der Waals surface area contributed by atoms with E-state index < -0.39 is 0 Å². The van der Waals surface area contributed by atoms with Crippen LogP contribution in [0.5, 0.6) is 11.5 Å². The predicted molar refractivity (Wildman–Crippen MR) is 65.6 cm³/mol. The van der Waals surface area contributed by atoms with Crippen molar-refractivity contribution < 1.29 is 14.6 Å². The van der Waals surface area contributed by atoms with Gasteiger partial charge in [-0.15, -0.1) is 0 Å². The van der Waals surface area contributed by atoms with Crippen molar-refractivity contribution in [2.75, 3.05) is 20.3 Å². The lowest BCUT2D eigenvalue weighted by atomic mass is 10.1. The number of hydrogen-bond donors (Lipinski definition) is 2. The first-order valence-corrected chi connectivity index (χ1v) is 5.92. The van der Waals surface area contributed by atoms with Crippen molar-refractivity contribution >= 4 is 0 Å². The Labute approximate surface area is 102 Å². The Balaban J connectivity index is 2.21. The Morgan fingerprint density at radius 3 is 3.06 bits per heavy atom. The highest BCUT2D eigenvalue weighted by Gasteiger charge is 2.23. The molecular weight excluding hydrogens is 218 g/mol. The molecule has 1 aliphatic heterocycles. The van der Waals surface area contributed by atoms with E-state index in [9.17, 15) is 0 Å². The summed E-state index contributed by atoms with van der Waals surface area (Å²) in [6.07, 6.45) is 1.16. The molecule has 0 aromatic heterocycles. The van der Waals surface area contributed by atoms with Crippen LogP contribution >= 0.6 is 0 Å². The molecule has 1 aromatic rings. The standard InChI is InChI=1S/C13H19NO3/c1-9-5-10-6-12(16-2)7-11(13(10)17-9)8-14-3-4-15/h6-7,9,14-15H,3-5,8H2,1-2H3. The summed E-state index contributed by atoms with van der Waals surface area (Å²) in [4.78, 5) is 0. The van der Waals surface area contributed by atoms with Crippen LogP contribution in [-0.2, 0) is 13.0 Å². The van der Waals surface area contributed by atoms with Crippen LogP contribution in [0.2, 0.25) is 0 Å². The van der Waals surface area contributed by atoms with Crippen molar-refractivity contribution in [3.05, 3.63) is 23.3 Å². The maximum absolute atomic E-state index is 8.76. The Hall–Kier alpha value is -1.26. The van der Waals surface area contributed by atoms with E-state index in [0.29, 0.717) is 13.1 Å². The summed E-state index contributed by atoms with van der Waals surface area (Å²) in [7, 11) is 1.67. The summed E-state index contributed by atoms with van der Waals surface area (Å²) in [6, 6.07) is 4.02. The Bertz CT molecular complexity index is 392. The third-order valence-corrected chi connectivity index (χ3v) is 2.88. The van der Waals surface area contributed by atoms with E-state index in [4.69, 9.17) is 14.6 Å². The van der Waals surface area contributed by atoms with Gasteiger partial charge in [0.1, 0.15) is 17.6 Å². The molecule has 0 amide bonds. The number of fused-ring (bicyclic) bond motifs is 1. The van der Waals surface area contributed by atoms with Crippen molar-refractivity contribution in [1.29, 1.82) is 0 Å². The van der Waals surface area contributed by atoms with Crippen LogP contribution in [0, 0.1) is 0 Å². The Morgan fingerprint density at radius 1 is 1.53 bits per heavy atom. The molecule has 0 spiro atoms. The molecule has 1 unspecified atom stereocenters. The van der Waals surface area contributed by atoms with Crippen molar-refractivity contribution in [1.82, 2.24) is 5.32 Å². The molecule has 1 aliphatic rings. The molecule has 4 heteroatoms. The van der Waals surface area contributed by atoms with Gasteiger partial charge >= 0.3 is 0 Å². The number of benzene rings is 1. The molecule has 0 saturated heterocycles. The number of nitrogens with one attached hydrogen (secondary N) is 1. The third kappa shape index (κ3) is 2.70. The van der Waals surface area contributed by atoms with E-state index in [1.165, 1.54) is 5.56 Å². The largest absolute Gasteiger partial charge is 0.497 e. The summed E-state index contributed by atoms with van der Waals surface area (Å²) in [5, 5.41) is 11.9. The van der Waals surface area contributed by atoms with E-state index in [1.54, 1.807) is 7.11 Å². The average Bonchev–Trinajstić information content (AvgIpc) is 2.69. The average molecular weight is 237 g/mol. The van der Waals surface area contributed by atoms with Crippen LogP contribution < -0.4 is 14.8 Å². The molecule has 0 saturated carbocycles. The number of ether oxygens (including phenoxy) is 2. The summed E-state index contributed by atoms with van der Waals surface area (Å²) >= 11 is 0. The zero-order chi connectivity index (χ0) is 12.3. The topological polar surface area (TPSA) is 50.7 Å². The molecule has 1 aromatic carbocycles. The third-order valence-electron chi connectivity index (χ3n) is 2.88. The quantitative estimate of drug-likeness (QED) is 0.753. The molecule has 0 fully saturated rings. The Morgan fingerprint density at radius 2 is 2.35 bits per heavy atom. The number of methoxy groups -OCH3 is 1. The molecule has 1 heterocycles. The van der Waals surface area contributed by atoms with E-state index in [2.05, 4.69) is 12.2 Å². The summed E-state index contributed by atoms with van der Waals surface area (Å²) in [5.41, 5.74) is 2.30. The molecule has 0 aliphatic carbocycles. The predicted octanol–water partition coefficient (Wildman–Crippen LogP) is 1.10. The highest BCUT2D eigenvalue weighted by atomic mass is 16.5. The molecule has 0 bridgehead atoms. The van der Waals surface area contributed by atoms with E-state index in [-0.39, 0.29) is 12.7 Å². The number of aliphatic hydroxyl groups excluding tert-OH is 1. The molecule has 94 valence electrons. The number of aliphatic hydroxyl groups is 1. The van der Waals surface area contributed by atoms with Gasteiger partial charge in [-0.05, 0) is 19.1 Å². The lowest BCUT2D eigenvalue weighted by molar-refractivity contribution is 0.251. The summed E-state index contributed by atoms with van der Waals surface area (Å²) < 4.78 is 11.1. The van der Waals surface area contributed by atoms with Gasteiger partial charge in [0.2, 0.25) is 0 Å². The SMILES string of the molecule is COc1cc(CNCCO)c2c(c1)CC(C)O2. The minimum absolute atomic E-state index is 0.142. The van der Waals surface area contributed by atoms with Crippen molar-refractivity contribution in [2.45, 2.75) is 26.0 Å². The van der Waals surface area contributed by atoms with Gasteiger partial charge < -0.3 is 19.9 Å². The maximum Gasteiger partial charge on any atom is 0.127 e. The minimum atomic E-state index is 0.142. The fourth-order valence-corrected chi connectivity index (χ4v) is 2.13. The van der Waals surface area contributed by atoms with Crippen LogP contribution in [0.4, 0.5) is 0 Å². The molecule has 2 rings (SSSR count). The van der Waals surface area contributed by atoms with Gasteiger partial charge in [-0.1, -0.05) is 0 Å². The zero-order valence-electron chi connectivity index (χ0n) is 10.3. The molecule has 2 N–H and O–H groups in total. The number of hydrogen-bond acceptors (Lipinski definition) is 4. The first-order chi connectivity index (χ1) is 8.24. The second-order valence-corrected chi connectivity index (χ2v) is 4.31. The van der Waals surface area contributed by atoms with Gasteiger partial charge in [-0.3, -0.25) is 0 Å². The smallest absolute Gasteiger partial charge is 0.127 e. The molecular formula is C13H19NO3. The fourth-order valence-electron chi connectivity index (χ4n) is 2.13. The van der Waals surface area contributed by atoms with E-state index in [1.807, 2.05) is 12.1 Å². The summed E-state index contributed by atoms with van der Waals surface area (Å²) in [5.74, 6) is 1.84. The second-order valence-electron chi connectivity index (χ2n) is 4.31. The monoisotopic (exact) mass is 237 g/mol. The Kier molecular flexibility index (Phi) is 3.86. The molecule has 0 radical (unpaired) electrons. The second kappa shape index (κ2) is 5.38. The van der Waals surface area contributed by atoms with Crippen LogP contribution in [0.25, 0.3) is 0 Å². The molecule has 17 heavy (non-hydrogen) atoms. The van der Waals surface area contributed by atoms with Crippen LogP contribution in [0.3, 0.4) is 0 Å². The van der Waals surface area contributed by atoms with Gasteiger partial charge in [0.15, 0.2) is 0 Å². The lowest BCUT2D eigenvalue weighted by Crippen LogP contribution is -2.18. The molecule has 4 nitrogen and oxygen atoms in total. The van der Waals surface area contributed by atoms with Crippen LogP contribution in [0.1, 0.15) is 18.1 Å². The van der Waals surface area contributed by atoms with Gasteiger partial charge in [0.25, 0.3) is 0 Å². The van der Waals surface area contributed by atoms with Gasteiger partial charge in [0.05, 0.1) is 13.7 Å². The highest BCUT2D eigenvalue weighted by molar-refractivity contribution is 5.49. The molecule has 1 atom stereocenters. The minimum Gasteiger partial charge on any atom is -0.497 e. The van der Waals surface area contributed by atoms with E-state index in [0.717, 1.165) is 23.5 Å². The van der Waals surface area contributed by atoms with Crippen molar-refractivity contribution in [3.8, 4) is 11.5 Å². The first-order valence-electron chi connectivity index (χ1n) is 5.92. The first kappa shape index (κ1) is 12.2. The van der Waals surface area contributed by atoms with Crippen molar-refractivity contribution in [2.24, 2.45) is 0 Å². The van der Waals surface area contributed by atoms with Crippen molar-refractivity contribution in [3.63, 3.8) is 0 Å². The van der Waals surface area contributed by atoms with Gasteiger partial charge in [-0.25, -0.2) is 0 Å². The zero-order valence-corrected chi connectivity index (χ0v) is 10.3. The number of rotatable bonds is 5. The van der Waals surface area contributed by atoms with Gasteiger partial charge in [-0.2, -0.15) is 0 Å². The van der Waals surface area contributed by atoms with Crippen LogP contribution in [-0.4, -0.2) is 31.5 Å². The fraction of sp³-hybridized carbons (Fsp3) is 0.538. The maximum atomic E-state index is 8.76. The van der Waals surface area contributed by atoms with Gasteiger partial charge in [0, 0.05) is 30.6 Å². The summed E-state index contributed by atoms with van der Waals surface area (Å²) in [6.45, 7) is 3.48. The highest BCUT2D eigenvalue weighted by Crippen LogP contribution is 2.36. The van der Waals surface area contributed by atoms with E-state index >= 15 is 0 Å². The normalized spacial score (nSPS) is 17.7. The lowest BCUT2D eigenvalue weighted by Gasteiger charge is -2.12. The van der Waals surface area contributed by atoms with Crippen LogP contribution in [0.15, 0.2) is 12.1 Å².